The van der Waals surface area contributed by atoms with Crippen molar-refractivity contribution >= 4 is 34.9 Å². The minimum Gasteiger partial charge on any atom is -0.494 e. The van der Waals surface area contributed by atoms with Gasteiger partial charge in [-0.3, -0.25) is 14.9 Å². The number of ether oxygens (including phenoxy) is 2. The van der Waals surface area contributed by atoms with Crippen molar-refractivity contribution in [2.45, 2.75) is 52.4 Å². The van der Waals surface area contributed by atoms with Gasteiger partial charge in [0, 0.05) is 12.1 Å². The van der Waals surface area contributed by atoms with Crippen molar-refractivity contribution in [2.75, 3.05) is 18.5 Å². The van der Waals surface area contributed by atoms with Gasteiger partial charge in [-0.25, -0.2) is 0 Å². The van der Waals surface area contributed by atoms with E-state index in [-0.39, 0.29) is 22.8 Å². The molecule has 0 spiro atoms. The molecular weight excluding hydrogens is 428 g/mol. The second-order valence-corrected chi connectivity index (χ2v) is 8.15. The molecule has 0 bridgehead atoms. The van der Waals surface area contributed by atoms with Crippen LogP contribution in [-0.4, -0.2) is 30.2 Å². The summed E-state index contributed by atoms with van der Waals surface area (Å²) in [5.41, 5.74) is 1.61. The van der Waals surface area contributed by atoms with E-state index in [0.29, 0.717) is 32.5 Å². The van der Waals surface area contributed by atoms with Crippen LogP contribution in [0.2, 0.25) is 0 Å². The number of esters is 1. The van der Waals surface area contributed by atoms with E-state index in [1.807, 2.05) is 24.3 Å². The van der Waals surface area contributed by atoms with E-state index in [2.05, 4.69) is 17.6 Å². The molecule has 7 nitrogen and oxygen atoms in total. The third kappa shape index (κ3) is 6.56. The third-order valence-electron chi connectivity index (χ3n) is 5.28. The Morgan fingerprint density at radius 1 is 1.19 bits per heavy atom. The molecule has 1 aliphatic carbocycles. The first-order chi connectivity index (χ1) is 15.5. The quantitative estimate of drug-likeness (QED) is 0.321. The molecule has 1 amide bonds. The van der Waals surface area contributed by atoms with E-state index in [9.17, 15) is 9.59 Å². The lowest BCUT2D eigenvalue weighted by atomic mass is 9.88. The minimum atomic E-state index is -0.430. The number of anilines is 1. The summed E-state index contributed by atoms with van der Waals surface area (Å²) in [5.74, 6) is 0.887. The standard InChI is InChI=1S/C24H30N2O5S/c1-3-5-6-13-30-19-10-8-18(9-11-19)25-24(32)26-22(27)21-15-17-14-16(23(28)29-4-2)7-12-20(17)31-21/h8-11,15-16H,3-7,12-14H2,1-2H3,(H2,25,26,27,32). The Morgan fingerprint density at radius 2 is 1.97 bits per heavy atom. The molecule has 1 aliphatic rings. The van der Waals surface area contributed by atoms with E-state index in [1.165, 1.54) is 0 Å². The molecule has 32 heavy (non-hydrogen) atoms. The number of rotatable bonds is 9. The zero-order valence-corrected chi connectivity index (χ0v) is 19.4. The van der Waals surface area contributed by atoms with Crippen LogP contribution in [0.1, 0.15) is 61.4 Å². The van der Waals surface area contributed by atoms with Gasteiger partial charge in [-0.05, 0) is 74.3 Å². The second kappa shape index (κ2) is 11.7. The summed E-state index contributed by atoms with van der Waals surface area (Å²) in [6, 6.07) is 9.09. The van der Waals surface area contributed by atoms with Crippen LogP contribution in [0.3, 0.4) is 0 Å². The SMILES string of the molecule is CCCCCOc1ccc(NC(=S)NC(=O)c2cc3c(o2)CCC(C(=O)OCC)C3)cc1. The van der Waals surface area contributed by atoms with E-state index >= 15 is 0 Å². The zero-order valence-electron chi connectivity index (χ0n) is 18.6. The van der Waals surface area contributed by atoms with Gasteiger partial charge in [0.2, 0.25) is 0 Å². The second-order valence-electron chi connectivity index (χ2n) is 7.74. The average molecular weight is 459 g/mol. The maximum atomic E-state index is 12.6. The molecule has 0 aliphatic heterocycles. The van der Waals surface area contributed by atoms with Gasteiger partial charge in [0.25, 0.3) is 5.91 Å². The molecule has 172 valence electrons. The molecule has 0 fully saturated rings. The van der Waals surface area contributed by atoms with Crippen LogP contribution in [0.15, 0.2) is 34.7 Å². The summed E-state index contributed by atoms with van der Waals surface area (Å²) in [4.78, 5) is 24.6. The number of thiocarbonyl (C=S) groups is 1. The fraction of sp³-hybridized carbons (Fsp3) is 0.458. The van der Waals surface area contributed by atoms with Crippen LogP contribution in [0.5, 0.6) is 5.75 Å². The highest BCUT2D eigenvalue weighted by molar-refractivity contribution is 7.80. The molecule has 1 aromatic carbocycles. The monoisotopic (exact) mass is 458 g/mol. The van der Waals surface area contributed by atoms with Crippen molar-refractivity contribution in [3.8, 4) is 5.75 Å². The van der Waals surface area contributed by atoms with Crippen molar-refractivity contribution in [1.29, 1.82) is 0 Å². The van der Waals surface area contributed by atoms with Gasteiger partial charge >= 0.3 is 5.97 Å². The van der Waals surface area contributed by atoms with Crippen molar-refractivity contribution < 1.29 is 23.5 Å². The summed E-state index contributed by atoms with van der Waals surface area (Å²) in [6.45, 7) is 5.01. The number of aryl methyl sites for hydroxylation is 1. The number of fused-ring (bicyclic) bond motifs is 1. The molecule has 8 heteroatoms. The van der Waals surface area contributed by atoms with Crippen LogP contribution in [-0.2, 0) is 22.4 Å². The highest BCUT2D eigenvalue weighted by atomic mass is 32.1. The summed E-state index contributed by atoms with van der Waals surface area (Å²) in [6.07, 6.45) is 5.11. The first-order valence-corrected chi connectivity index (χ1v) is 11.5. The number of carbonyl (C=O) groups is 2. The van der Waals surface area contributed by atoms with Gasteiger partial charge in [0.05, 0.1) is 19.1 Å². The lowest BCUT2D eigenvalue weighted by Crippen LogP contribution is -2.33. The number of nitrogens with one attached hydrogen (secondary N) is 2. The van der Waals surface area contributed by atoms with Crippen molar-refractivity contribution in [2.24, 2.45) is 5.92 Å². The predicted octanol–water partition coefficient (Wildman–Crippen LogP) is 4.64. The maximum Gasteiger partial charge on any atom is 0.309 e. The Labute approximate surface area is 193 Å². The summed E-state index contributed by atoms with van der Waals surface area (Å²) in [5, 5.41) is 5.79. The lowest BCUT2D eigenvalue weighted by Gasteiger charge is -2.19. The molecule has 0 saturated carbocycles. The van der Waals surface area contributed by atoms with E-state index in [0.717, 1.165) is 42.0 Å². The number of hydrogen-bond donors (Lipinski definition) is 2. The number of unbranched alkanes of at least 4 members (excludes halogenated alkanes) is 2. The van der Waals surface area contributed by atoms with Gasteiger partial charge in [0.1, 0.15) is 11.5 Å². The largest absolute Gasteiger partial charge is 0.494 e. The lowest BCUT2D eigenvalue weighted by molar-refractivity contribution is -0.148. The number of hydrogen-bond acceptors (Lipinski definition) is 6. The van der Waals surface area contributed by atoms with Gasteiger partial charge < -0.3 is 19.2 Å². The third-order valence-corrected chi connectivity index (χ3v) is 5.49. The van der Waals surface area contributed by atoms with Crippen LogP contribution in [0, 0.1) is 5.92 Å². The number of furan rings is 1. The highest BCUT2D eigenvalue weighted by Gasteiger charge is 2.29. The van der Waals surface area contributed by atoms with Gasteiger partial charge in [-0.1, -0.05) is 19.8 Å². The predicted molar refractivity (Wildman–Crippen MR) is 126 cm³/mol. The van der Waals surface area contributed by atoms with Crippen LogP contribution in [0.25, 0.3) is 0 Å². The molecule has 1 atom stereocenters. The topological polar surface area (TPSA) is 89.8 Å². The first-order valence-electron chi connectivity index (χ1n) is 11.1. The van der Waals surface area contributed by atoms with Gasteiger partial charge in [0.15, 0.2) is 10.9 Å². The normalized spacial score (nSPS) is 14.9. The van der Waals surface area contributed by atoms with Crippen molar-refractivity contribution in [3.05, 3.63) is 47.4 Å². The molecule has 0 radical (unpaired) electrons. The summed E-state index contributed by atoms with van der Waals surface area (Å²) in [7, 11) is 0. The molecule has 2 aromatic rings. The first kappa shape index (κ1) is 23.8. The fourth-order valence-corrected chi connectivity index (χ4v) is 3.81. The van der Waals surface area contributed by atoms with Gasteiger partial charge in [-0.15, -0.1) is 0 Å². The number of benzene rings is 1. The Morgan fingerprint density at radius 3 is 2.69 bits per heavy atom. The molecule has 1 unspecified atom stereocenters. The number of carbonyl (C=O) groups excluding carboxylic acids is 2. The Bertz CT molecular complexity index is 938. The van der Waals surface area contributed by atoms with Crippen molar-refractivity contribution in [1.82, 2.24) is 5.32 Å². The van der Waals surface area contributed by atoms with Crippen molar-refractivity contribution in [3.63, 3.8) is 0 Å². The van der Waals surface area contributed by atoms with Gasteiger partial charge in [-0.2, -0.15) is 0 Å². The molecule has 1 aromatic heterocycles. The van der Waals surface area contributed by atoms with Crippen LogP contribution in [0.4, 0.5) is 5.69 Å². The molecule has 3 rings (SSSR count). The Balaban J connectivity index is 1.50. The highest BCUT2D eigenvalue weighted by Crippen LogP contribution is 2.29. The zero-order chi connectivity index (χ0) is 22.9. The Kier molecular flexibility index (Phi) is 8.67. The molecule has 2 N–H and O–H groups in total. The maximum absolute atomic E-state index is 12.6. The van der Waals surface area contributed by atoms with Crippen LogP contribution < -0.4 is 15.4 Å². The Hall–Kier alpha value is -2.87. The summed E-state index contributed by atoms with van der Waals surface area (Å²) >= 11 is 5.26. The number of amides is 1. The molecule has 0 saturated heterocycles. The van der Waals surface area contributed by atoms with E-state index < -0.39 is 5.91 Å². The molecular formula is C24H30N2O5S. The minimum absolute atomic E-state index is 0.172. The summed E-state index contributed by atoms with van der Waals surface area (Å²) < 4.78 is 16.5. The molecule has 1 heterocycles. The average Bonchev–Trinajstić information content (AvgIpc) is 3.21. The fourth-order valence-electron chi connectivity index (χ4n) is 3.60. The van der Waals surface area contributed by atoms with E-state index in [1.54, 1.807) is 13.0 Å². The van der Waals surface area contributed by atoms with E-state index in [4.69, 9.17) is 26.1 Å². The smallest absolute Gasteiger partial charge is 0.309 e. The van der Waals surface area contributed by atoms with Crippen LogP contribution >= 0.6 is 12.2 Å².